The van der Waals surface area contributed by atoms with E-state index in [2.05, 4.69) is 16.9 Å². The standard InChI is InChI=1S/C24H25N5O5/c1-2-20(31)28-10-4-3-5-16(14-28)29-21-17(6-7-18-22(21)34-12-11-33-18)26-24(29)27-23(32)15-8-9-25-19(30)13-15/h2,6-9,13,16H,1,3-5,10-12,14H2,(H,25,30)(H,26,27,32)/t16-/m1/s1. The van der Waals surface area contributed by atoms with Crippen LogP contribution in [-0.4, -0.2) is 57.6 Å². The summed E-state index contributed by atoms with van der Waals surface area (Å²) in [7, 11) is 0. The molecule has 1 atom stereocenters. The van der Waals surface area contributed by atoms with E-state index in [1.165, 1.54) is 24.4 Å². The quantitative estimate of drug-likeness (QED) is 0.574. The van der Waals surface area contributed by atoms with E-state index in [4.69, 9.17) is 14.5 Å². The van der Waals surface area contributed by atoms with Crippen molar-refractivity contribution in [1.29, 1.82) is 0 Å². The van der Waals surface area contributed by atoms with Crippen molar-refractivity contribution in [2.24, 2.45) is 0 Å². The highest BCUT2D eigenvalue weighted by molar-refractivity contribution is 6.04. The molecule has 10 nitrogen and oxygen atoms in total. The molecule has 0 unspecified atom stereocenters. The molecule has 0 saturated carbocycles. The second kappa shape index (κ2) is 9.05. The average Bonchev–Trinajstić information content (AvgIpc) is 3.04. The molecule has 0 spiro atoms. The van der Waals surface area contributed by atoms with Crippen LogP contribution in [0, 0.1) is 0 Å². The van der Waals surface area contributed by atoms with Gasteiger partial charge in [0.25, 0.3) is 5.91 Å². The maximum absolute atomic E-state index is 13.0. The highest BCUT2D eigenvalue weighted by Crippen LogP contribution is 2.41. The van der Waals surface area contributed by atoms with Crippen molar-refractivity contribution in [3.8, 4) is 11.5 Å². The van der Waals surface area contributed by atoms with Crippen LogP contribution in [0.15, 0.2) is 47.9 Å². The first kappa shape index (κ1) is 21.7. The first-order valence-electron chi connectivity index (χ1n) is 11.3. The van der Waals surface area contributed by atoms with Gasteiger partial charge in [0.1, 0.15) is 18.7 Å². The van der Waals surface area contributed by atoms with E-state index in [0.717, 1.165) is 19.3 Å². The minimum atomic E-state index is -0.457. The van der Waals surface area contributed by atoms with Gasteiger partial charge in [-0.1, -0.05) is 6.58 Å². The van der Waals surface area contributed by atoms with Crippen LogP contribution in [0.1, 0.15) is 35.7 Å². The summed E-state index contributed by atoms with van der Waals surface area (Å²) in [5.74, 6) is 0.910. The predicted molar refractivity (Wildman–Crippen MR) is 125 cm³/mol. The van der Waals surface area contributed by atoms with Gasteiger partial charge in [-0.05, 0) is 43.5 Å². The van der Waals surface area contributed by atoms with Crippen molar-refractivity contribution >= 4 is 28.8 Å². The van der Waals surface area contributed by atoms with Gasteiger partial charge in [-0.2, -0.15) is 0 Å². The first-order chi connectivity index (χ1) is 16.5. The SMILES string of the molecule is C=CC(=O)N1CCCC[C@@H](n2c(NC(=O)c3cc[nH]c(=O)c3)nc3ccc4c(c32)OCCO4)C1. The van der Waals surface area contributed by atoms with Crippen molar-refractivity contribution in [2.45, 2.75) is 25.3 Å². The maximum Gasteiger partial charge on any atom is 0.258 e. The Hall–Kier alpha value is -4.08. The van der Waals surface area contributed by atoms with Gasteiger partial charge >= 0.3 is 0 Å². The molecule has 2 amide bonds. The Labute approximate surface area is 195 Å². The average molecular weight is 463 g/mol. The fourth-order valence-corrected chi connectivity index (χ4v) is 4.55. The number of carbonyl (C=O) groups excluding carboxylic acids is 2. The molecule has 2 aromatic heterocycles. The molecular weight excluding hydrogens is 438 g/mol. The number of H-pyrrole nitrogens is 1. The number of likely N-dealkylation sites (tertiary alicyclic amines) is 1. The number of rotatable bonds is 4. The van der Waals surface area contributed by atoms with Gasteiger partial charge in [-0.25, -0.2) is 4.98 Å². The highest BCUT2D eigenvalue weighted by Gasteiger charge is 2.29. The van der Waals surface area contributed by atoms with Gasteiger partial charge < -0.3 is 23.9 Å². The van der Waals surface area contributed by atoms with Gasteiger partial charge in [0.05, 0.1) is 11.6 Å². The summed E-state index contributed by atoms with van der Waals surface area (Å²) in [6, 6.07) is 6.22. The molecule has 2 aliphatic heterocycles. The van der Waals surface area contributed by atoms with E-state index in [1.54, 1.807) is 11.0 Å². The van der Waals surface area contributed by atoms with Crippen molar-refractivity contribution in [1.82, 2.24) is 19.4 Å². The number of amides is 2. The number of anilines is 1. The van der Waals surface area contributed by atoms with Gasteiger partial charge in [0.2, 0.25) is 17.4 Å². The van der Waals surface area contributed by atoms with E-state index >= 15 is 0 Å². The topological polar surface area (TPSA) is 119 Å². The first-order valence-corrected chi connectivity index (χ1v) is 11.3. The van der Waals surface area contributed by atoms with Crippen molar-refractivity contribution in [2.75, 3.05) is 31.6 Å². The minimum Gasteiger partial charge on any atom is -0.486 e. The number of imidazole rings is 1. The van der Waals surface area contributed by atoms with Crippen LogP contribution in [-0.2, 0) is 4.79 Å². The predicted octanol–water partition coefficient (Wildman–Crippen LogP) is 2.49. The molecule has 176 valence electrons. The molecule has 2 aliphatic rings. The number of pyridine rings is 1. The molecular formula is C24H25N5O5. The summed E-state index contributed by atoms with van der Waals surface area (Å²) < 4.78 is 13.7. The normalized spacial score (nSPS) is 17.8. The Morgan fingerprint density at radius 2 is 2.06 bits per heavy atom. The molecule has 1 aromatic carbocycles. The molecule has 0 bridgehead atoms. The Kier molecular flexibility index (Phi) is 5.79. The van der Waals surface area contributed by atoms with Crippen LogP contribution < -0.4 is 20.3 Å². The number of ether oxygens (including phenoxy) is 2. The molecule has 0 aliphatic carbocycles. The van der Waals surface area contributed by atoms with Gasteiger partial charge in [-0.3, -0.25) is 19.7 Å². The Bertz CT molecular complexity index is 1330. The molecule has 2 N–H and O–H groups in total. The van der Waals surface area contributed by atoms with Crippen molar-refractivity contribution in [3.63, 3.8) is 0 Å². The molecule has 10 heteroatoms. The van der Waals surface area contributed by atoms with E-state index in [0.29, 0.717) is 54.8 Å². The minimum absolute atomic E-state index is 0.132. The fraction of sp³-hybridized carbons (Fsp3) is 0.333. The molecule has 1 saturated heterocycles. The Morgan fingerprint density at radius 1 is 1.21 bits per heavy atom. The molecule has 1 fully saturated rings. The summed E-state index contributed by atoms with van der Waals surface area (Å²) in [5, 5.41) is 2.87. The third-order valence-electron chi connectivity index (χ3n) is 6.12. The number of fused-ring (bicyclic) bond motifs is 3. The molecule has 5 rings (SSSR count). The van der Waals surface area contributed by atoms with Crippen LogP contribution in [0.4, 0.5) is 5.95 Å². The number of nitrogens with one attached hydrogen (secondary N) is 2. The summed E-state index contributed by atoms with van der Waals surface area (Å²) in [6.45, 7) is 5.55. The zero-order valence-corrected chi connectivity index (χ0v) is 18.6. The summed E-state index contributed by atoms with van der Waals surface area (Å²) in [6.07, 6.45) is 5.30. The molecule has 4 heterocycles. The Balaban J connectivity index is 1.62. The van der Waals surface area contributed by atoms with Crippen LogP contribution >= 0.6 is 0 Å². The number of aromatic nitrogens is 3. The summed E-state index contributed by atoms with van der Waals surface area (Å²) in [4.78, 5) is 46.1. The number of aromatic amines is 1. The number of hydrogen-bond donors (Lipinski definition) is 2. The van der Waals surface area contributed by atoms with E-state index in [-0.39, 0.29) is 23.1 Å². The van der Waals surface area contributed by atoms with Crippen molar-refractivity contribution < 1.29 is 19.1 Å². The lowest BCUT2D eigenvalue weighted by Gasteiger charge is -2.27. The highest BCUT2D eigenvalue weighted by atomic mass is 16.6. The van der Waals surface area contributed by atoms with Crippen LogP contribution in [0.25, 0.3) is 11.0 Å². The van der Waals surface area contributed by atoms with E-state index in [1.807, 2.05) is 10.6 Å². The molecule has 3 aromatic rings. The van der Waals surface area contributed by atoms with Crippen LogP contribution in [0.3, 0.4) is 0 Å². The third-order valence-corrected chi connectivity index (χ3v) is 6.12. The summed E-state index contributed by atoms with van der Waals surface area (Å²) >= 11 is 0. The Morgan fingerprint density at radius 3 is 2.88 bits per heavy atom. The van der Waals surface area contributed by atoms with Gasteiger partial charge in [0, 0.05) is 30.9 Å². The number of carbonyl (C=O) groups is 2. The zero-order chi connectivity index (χ0) is 23.7. The second-order valence-electron chi connectivity index (χ2n) is 8.30. The monoisotopic (exact) mass is 463 g/mol. The van der Waals surface area contributed by atoms with Crippen LogP contribution in [0.5, 0.6) is 11.5 Å². The number of nitrogens with zero attached hydrogens (tertiary/aromatic N) is 3. The smallest absolute Gasteiger partial charge is 0.258 e. The lowest BCUT2D eigenvalue weighted by atomic mass is 10.1. The number of benzene rings is 1. The largest absolute Gasteiger partial charge is 0.486 e. The molecule has 34 heavy (non-hydrogen) atoms. The fourth-order valence-electron chi connectivity index (χ4n) is 4.55. The second-order valence-corrected chi connectivity index (χ2v) is 8.30. The van der Waals surface area contributed by atoms with Gasteiger partial charge in [-0.15, -0.1) is 0 Å². The zero-order valence-electron chi connectivity index (χ0n) is 18.6. The van der Waals surface area contributed by atoms with Crippen LogP contribution in [0.2, 0.25) is 0 Å². The summed E-state index contributed by atoms with van der Waals surface area (Å²) in [5.41, 5.74) is 1.18. The van der Waals surface area contributed by atoms with E-state index < -0.39 is 5.91 Å². The van der Waals surface area contributed by atoms with E-state index in [9.17, 15) is 14.4 Å². The third kappa shape index (κ3) is 4.02. The lowest BCUT2D eigenvalue weighted by molar-refractivity contribution is -0.126. The number of hydrogen-bond acceptors (Lipinski definition) is 6. The van der Waals surface area contributed by atoms with Gasteiger partial charge in [0.15, 0.2) is 11.5 Å². The maximum atomic E-state index is 13.0. The lowest BCUT2D eigenvalue weighted by Crippen LogP contribution is -2.34. The molecule has 0 radical (unpaired) electrons. The van der Waals surface area contributed by atoms with Crippen molar-refractivity contribution in [3.05, 3.63) is 59.0 Å².